The summed E-state index contributed by atoms with van der Waals surface area (Å²) in [6.07, 6.45) is -11.2. The van der Waals surface area contributed by atoms with Crippen molar-refractivity contribution in [3.63, 3.8) is 0 Å². The van der Waals surface area contributed by atoms with Crippen molar-refractivity contribution >= 4 is 5.91 Å². The van der Waals surface area contributed by atoms with Crippen molar-refractivity contribution in [2.75, 3.05) is 0 Å². The van der Waals surface area contributed by atoms with Crippen LogP contribution in [-0.4, -0.2) is 40.9 Å². The number of carbonyl (C=O) groups is 1. The average Bonchev–Trinajstić information content (AvgIpc) is 3.60. The number of alkyl halides is 6. The Kier molecular flexibility index (Phi) is 7.80. The van der Waals surface area contributed by atoms with E-state index >= 15 is 0 Å². The minimum Gasteiger partial charge on any atom is -0.382 e. The van der Waals surface area contributed by atoms with E-state index in [1.54, 1.807) is 0 Å². The Bertz CT molecular complexity index is 1170. The Hall–Kier alpha value is -3.10. The molecule has 1 saturated carbocycles. The van der Waals surface area contributed by atoms with Gasteiger partial charge in [-0.25, -0.2) is 13.2 Å². The van der Waals surface area contributed by atoms with E-state index in [2.05, 4.69) is 10.6 Å². The number of nitrogens with one attached hydrogen (secondary N) is 2. The van der Waals surface area contributed by atoms with Crippen LogP contribution in [0.4, 0.5) is 26.3 Å². The Morgan fingerprint density at radius 1 is 1.05 bits per heavy atom. The van der Waals surface area contributed by atoms with Gasteiger partial charge in [-0.3, -0.25) is 10.1 Å². The molecule has 1 aliphatic rings. The van der Waals surface area contributed by atoms with Crippen LogP contribution in [0.15, 0.2) is 48.5 Å². The lowest BCUT2D eigenvalue weighted by molar-refractivity contribution is -0.161. The zero-order valence-corrected chi connectivity index (χ0v) is 20.0. The maximum absolute atomic E-state index is 14.4. The van der Waals surface area contributed by atoms with E-state index in [0.717, 1.165) is 26.0 Å². The first-order valence-corrected chi connectivity index (χ1v) is 11.4. The van der Waals surface area contributed by atoms with Gasteiger partial charge in [0, 0.05) is 6.42 Å². The highest BCUT2D eigenvalue weighted by Gasteiger charge is 2.48. The maximum atomic E-state index is 14.4. The second kappa shape index (κ2) is 10.7. The molecule has 2 aromatic rings. The molecule has 5 nitrogen and oxygen atoms in total. The van der Waals surface area contributed by atoms with E-state index in [4.69, 9.17) is 1.37 Å². The molecule has 0 aromatic heterocycles. The first-order chi connectivity index (χ1) is 17.5. The summed E-state index contributed by atoms with van der Waals surface area (Å²) >= 11 is 0. The molecule has 1 aliphatic carbocycles. The van der Waals surface area contributed by atoms with E-state index in [1.165, 1.54) is 36.4 Å². The first kappa shape index (κ1) is 26.9. The van der Waals surface area contributed by atoms with Crippen molar-refractivity contribution < 1.29 is 37.6 Å². The summed E-state index contributed by atoms with van der Waals surface area (Å²) in [6, 6.07) is 7.98. The molecule has 0 radical (unpaired) electrons. The predicted molar refractivity (Wildman–Crippen MR) is 124 cm³/mol. The quantitative estimate of drug-likeness (QED) is 0.355. The van der Waals surface area contributed by atoms with Crippen molar-refractivity contribution in [3.8, 4) is 17.2 Å². The molecular weight excluding hydrogens is 500 g/mol. The third-order valence-electron chi connectivity index (χ3n) is 5.99. The molecular formula is C26H27F6N3O2. The number of benzene rings is 2. The lowest BCUT2D eigenvalue weighted by atomic mass is 9.96. The van der Waals surface area contributed by atoms with Crippen LogP contribution >= 0.6 is 0 Å². The van der Waals surface area contributed by atoms with Crippen LogP contribution in [0.25, 0.3) is 11.1 Å². The van der Waals surface area contributed by atoms with E-state index in [1.807, 2.05) is 6.07 Å². The Labute approximate surface area is 211 Å². The number of nitriles is 1. The molecule has 3 N–H and O–H groups in total. The van der Waals surface area contributed by atoms with Gasteiger partial charge in [0.2, 0.25) is 5.91 Å². The van der Waals surface area contributed by atoms with Gasteiger partial charge in [-0.2, -0.15) is 18.4 Å². The van der Waals surface area contributed by atoms with Crippen LogP contribution in [0.1, 0.15) is 57.7 Å². The molecule has 1 amide bonds. The Morgan fingerprint density at radius 3 is 1.92 bits per heavy atom. The summed E-state index contributed by atoms with van der Waals surface area (Å²) in [5.41, 5.74) is -2.88. The minimum absolute atomic E-state index is 0.257. The summed E-state index contributed by atoms with van der Waals surface area (Å²) in [5.74, 6) is -0.904. The molecule has 200 valence electrons. The molecule has 0 aliphatic heterocycles. The largest absolute Gasteiger partial charge is 0.407 e. The van der Waals surface area contributed by atoms with E-state index in [-0.39, 0.29) is 11.1 Å². The third kappa shape index (κ3) is 7.46. The number of rotatable bonds is 10. The molecule has 1 fully saturated rings. The summed E-state index contributed by atoms with van der Waals surface area (Å²) in [6.45, 7) is 2.27. The zero-order valence-electron chi connectivity index (χ0n) is 21.0. The number of amides is 1. The SMILES string of the molecule is [2H][C@@](O)(c1ccc(-c2ccc([C@H](N[C@@H](CC(C)(C)F)C(=O)NC3(C#N)CC3)C(F)(F)F)cc2)cc1)C(F)F. The van der Waals surface area contributed by atoms with Gasteiger partial charge in [0.15, 0.2) is 0 Å². The highest BCUT2D eigenvalue weighted by Crippen LogP contribution is 2.37. The summed E-state index contributed by atoms with van der Waals surface area (Å²) < 4.78 is 89.8. The van der Waals surface area contributed by atoms with Crippen molar-refractivity contribution in [1.82, 2.24) is 10.6 Å². The predicted octanol–water partition coefficient (Wildman–Crippen LogP) is 5.52. The topological polar surface area (TPSA) is 85.2 Å². The lowest BCUT2D eigenvalue weighted by Gasteiger charge is -2.30. The molecule has 0 heterocycles. The van der Waals surface area contributed by atoms with Crippen molar-refractivity contribution in [2.45, 2.75) is 75.1 Å². The smallest absolute Gasteiger partial charge is 0.382 e. The molecule has 2 aromatic carbocycles. The maximum Gasteiger partial charge on any atom is 0.407 e. The number of aliphatic hydroxyl groups is 1. The second-order valence-corrected chi connectivity index (χ2v) is 9.69. The molecule has 11 heteroatoms. The van der Waals surface area contributed by atoms with E-state index in [0.29, 0.717) is 24.0 Å². The van der Waals surface area contributed by atoms with Crippen molar-refractivity contribution in [3.05, 3.63) is 59.7 Å². The fourth-order valence-corrected chi connectivity index (χ4v) is 3.83. The fraction of sp³-hybridized carbons (Fsp3) is 0.462. The number of hydrogen-bond acceptors (Lipinski definition) is 4. The van der Waals surface area contributed by atoms with Gasteiger partial charge in [-0.05, 0) is 48.9 Å². The van der Waals surface area contributed by atoms with Crippen LogP contribution in [0.3, 0.4) is 0 Å². The summed E-state index contributed by atoms with van der Waals surface area (Å²) in [5, 5.41) is 23.5. The monoisotopic (exact) mass is 528 g/mol. The highest BCUT2D eigenvalue weighted by molar-refractivity contribution is 5.83. The Balaban J connectivity index is 1.85. The highest BCUT2D eigenvalue weighted by atomic mass is 19.4. The third-order valence-corrected chi connectivity index (χ3v) is 5.99. The minimum atomic E-state index is -4.86. The number of carbonyl (C=O) groups excluding carboxylic acids is 1. The standard InChI is InChI=1S/C26H27F6N3O2/c1-24(2,29)13-19(23(37)35-25(14-33)11-12-25)34-21(26(30,31)32)18-9-5-16(6-10-18)15-3-7-17(8-4-15)20(36)22(27)28/h3-10,19-22,34,36H,11-13H2,1-2H3,(H,35,37)/t19-,20+,21-/m0/s1/i20D. The van der Waals surface area contributed by atoms with Crippen molar-refractivity contribution in [2.24, 2.45) is 0 Å². The Morgan fingerprint density at radius 2 is 1.54 bits per heavy atom. The van der Waals surface area contributed by atoms with Gasteiger partial charge in [0.25, 0.3) is 6.43 Å². The summed E-state index contributed by atoms with van der Waals surface area (Å²) in [7, 11) is 0. The zero-order chi connectivity index (χ0) is 28.5. The summed E-state index contributed by atoms with van der Waals surface area (Å²) in [4.78, 5) is 12.8. The van der Waals surface area contributed by atoms with Crippen LogP contribution in [0.2, 0.25) is 0 Å². The molecule has 3 rings (SSSR count). The van der Waals surface area contributed by atoms with Gasteiger partial charge in [0.1, 0.15) is 23.3 Å². The molecule has 3 atom stereocenters. The van der Waals surface area contributed by atoms with Crippen LogP contribution in [0, 0.1) is 11.3 Å². The molecule has 0 spiro atoms. The van der Waals surface area contributed by atoms with Crippen LogP contribution in [-0.2, 0) is 4.79 Å². The molecule has 0 saturated heterocycles. The number of nitrogens with zero attached hydrogens (tertiary/aromatic N) is 1. The van der Waals surface area contributed by atoms with Gasteiger partial charge in [-0.1, -0.05) is 48.5 Å². The average molecular weight is 529 g/mol. The van der Waals surface area contributed by atoms with Gasteiger partial charge >= 0.3 is 6.18 Å². The van der Waals surface area contributed by atoms with Crippen molar-refractivity contribution in [1.29, 1.82) is 5.26 Å². The number of hydrogen-bond donors (Lipinski definition) is 3. The van der Waals surface area contributed by atoms with Crippen LogP contribution < -0.4 is 10.6 Å². The van der Waals surface area contributed by atoms with Gasteiger partial charge < -0.3 is 10.4 Å². The van der Waals surface area contributed by atoms with Crippen LogP contribution in [0.5, 0.6) is 0 Å². The van der Waals surface area contributed by atoms with E-state index in [9.17, 15) is 41.5 Å². The number of halogens is 6. The molecule has 37 heavy (non-hydrogen) atoms. The lowest BCUT2D eigenvalue weighted by Crippen LogP contribution is -2.53. The molecule has 0 unspecified atom stereocenters. The van der Waals surface area contributed by atoms with E-state index < -0.39 is 54.3 Å². The first-order valence-electron chi connectivity index (χ1n) is 11.9. The second-order valence-electron chi connectivity index (χ2n) is 9.69. The normalized spacial score (nSPS) is 18.8. The van der Waals surface area contributed by atoms with Gasteiger partial charge in [-0.15, -0.1) is 0 Å². The molecule has 0 bridgehead atoms. The fourth-order valence-electron chi connectivity index (χ4n) is 3.83. The van der Waals surface area contributed by atoms with Gasteiger partial charge in [0.05, 0.1) is 13.5 Å².